The van der Waals surface area contributed by atoms with Gasteiger partial charge in [-0.2, -0.15) is 0 Å². The molecule has 0 aliphatic carbocycles. The van der Waals surface area contributed by atoms with E-state index < -0.39 is 28.2 Å². The zero-order valence-corrected chi connectivity index (χ0v) is 15.3. The molecule has 2 aromatic carbocycles. The molecule has 0 bridgehead atoms. The van der Waals surface area contributed by atoms with E-state index in [0.29, 0.717) is 6.42 Å². The molecule has 9 heteroatoms. The average Bonchev–Trinajstić information content (AvgIpc) is 2.58. The molecular formula is C18H20F3NO4S. The second kappa shape index (κ2) is 8.73. The molecule has 2 rings (SSSR count). The van der Waals surface area contributed by atoms with E-state index in [9.17, 15) is 26.7 Å². The number of rotatable bonds is 8. The Labute approximate surface area is 155 Å². The zero-order chi connectivity index (χ0) is 20.1. The fourth-order valence-corrected chi connectivity index (χ4v) is 3.67. The monoisotopic (exact) mass is 403 g/mol. The molecule has 0 aliphatic rings. The fraction of sp³-hybridized carbons (Fsp3) is 0.333. The Balaban J connectivity index is 2.10. The Morgan fingerprint density at radius 1 is 1.07 bits per heavy atom. The van der Waals surface area contributed by atoms with E-state index in [0.717, 1.165) is 29.8 Å². The van der Waals surface area contributed by atoms with E-state index in [1.807, 2.05) is 30.3 Å². The van der Waals surface area contributed by atoms with Gasteiger partial charge < -0.3 is 9.84 Å². The number of aliphatic hydroxyl groups is 1. The summed E-state index contributed by atoms with van der Waals surface area (Å²) in [7, 11) is -3.93. The second-order valence-corrected chi connectivity index (χ2v) is 7.83. The molecule has 0 radical (unpaired) electrons. The van der Waals surface area contributed by atoms with Crippen LogP contribution in [0.5, 0.6) is 5.75 Å². The van der Waals surface area contributed by atoms with Gasteiger partial charge in [0, 0.05) is 6.54 Å². The Bertz CT molecular complexity index is 822. The van der Waals surface area contributed by atoms with Gasteiger partial charge in [0.1, 0.15) is 5.75 Å². The molecule has 0 heterocycles. The number of aliphatic hydroxyl groups excluding tert-OH is 1. The van der Waals surface area contributed by atoms with Crippen LogP contribution in [-0.2, 0) is 10.0 Å². The van der Waals surface area contributed by atoms with E-state index >= 15 is 0 Å². The highest BCUT2D eigenvalue weighted by Gasteiger charge is 2.31. The van der Waals surface area contributed by atoms with Crippen molar-refractivity contribution in [2.45, 2.75) is 36.6 Å². The van der Waals surface area contributed by atoms with Crippen molar-refractivity contribution in [3.63, 3.8) is 0 Å². The third kappa shape index (κ3) is 6.85. The minimum Gasteiger partial charge on any atom is -0.406 e. The molecule has 0 unspecified atom stereocenters. The van der Waals surface area contributed by atoms with Crippen molar-refractivity contribution in [2.75, 3.05) is 6.54 Å². The number of nitrogens with one attached hydrogen (secondary N) is 1. The first kappa shape index (κ1) is 21.2. The maximum atomic E-state index is 12.4. The van der Waals surface area contributed by atoms with Gasteiger partial charge in [-0.1, -0.05) is 30.3 Å². The summed E-state index contributed by atoms with van der Waals surface area (Å²) in [5.41, 5.74) is 0.870. The van der Waals surface area contributed by atoms with Crippen LogP contribution in [-0.4, -0.2) is 32.5 Å². The molecule has 0 amide bonds. The van der Waals surface area contributed by atoms with E-state index in [2.05, 4.69) is 9.46 Å². The molecule has 0 aliphatic heterocycles. The molecule has 0 saturated heterocycles. The molecule has 148 valence electrons. The van der Waals surface area contributed by atoms with E-state index in [1.165, 1.54) is 0 Å². The second-order valence-electron chi connectivity index (χ2n) is 6.06. The quantitative estimate of drug-likeness (QED) is 0.708. The van der Waals surface area contributed by atoms with Crippen molar-refractivity contribution < 1.29 is 31.4 Å². The smallest absolute Gasteiger partial charge is 0.406 e. The largest absolute Gasteiger partial charge is 0.573 e. The third-order valence-electron chi connectivity index (χ3n) is 3.78. The van der Waals surface area contributed by atoms with Crippen LogP contribution in [0.1, 0.15) is 24.8 Å². The first-order chi connectivity index (χ1) is 12.6. The molecule has 2 aromatic rings. The fourth-order valence-electron chi connectivity index (χ4n) is 2.59. The Morgan fingerprint density at radius 3 is 2.19 bits per heavy atom. The van der Waals surface area contributed by atoms with E-state index in [-0.39, 0.29) is 17.4 Å². The molecule has 5 nitrogen and oxygen atoms in total. The molecule has 2 N–H and O–H groups in total. The Morgan fingerprint density at radius 2 is 1.67 bits per heavy atom. The molecule has 2 atom stereocenters. The van der Waals surface area contributed by atoms with Crippen LogP contribution in [0.4, 0.5) is 13.2 Å². The SMILES string of the molecule is C[C@H](O)C[C@@H](CNS(=O)(=O)c1ccc(OC(F)(F)F)cc1)c1ccccc1. The summed E-state index contributed by atoms with van der Waals surface area (Å²) in [5, 5.41) is 9.67. The van der Waals surface area contributed by atoms with Gasteiger partial charge in [0.15, 0.2) is 0 Å². The topological polar surface area (TPSA) is 75.6 Å². The lowest BCUT2D eigenvalue weighted by atomic mass is 9.94. The molecular weight excluding hydrogens is 383 g/mol. The van der Waals surface area contributed by atoms with Crippen molar-refractivity contribution in [1.82, 2.24) is 4.72 Å². The molecule has 0 fully saturated rings. The highest BCUT2D eigenvalue weighted by Crippen LogP contribution is 2.25. The van der Waals surface area contributed by atoms with Crippen molar-refractivity contribution in [3.05, 3.63) is 60.2 Å². The summed E-state index contributed by atoms with van der Waals surface area (Å²) < 4.78 is 67.5. The third-order valence-corrected chi connectivity index (χ3v) is 5.22. The van der Waals surface area contributed by atoms with Gasteiger partial charge in [-0.3, -0.25) is 0 Å². The van der Waals surface area contributed by atoms with Crippen LogP contribution < -0.4 is 9.46 Å². The standard InChI is InChI=1S/C18H20F3NO4S/c1-13(23)11-15(14-5-3-2-4-6-14)12-22-27(24,25)17-9-7-16(8-10-17)26-18(19,20)21/h2-10,13,15,22-23H,11-12H2,1H3/t13-,15-/m0/s1. The number of alkyl halides is 3. The Kier molecular flexibility index (Phi) is 6.85. The summed E-state index contributed by atoms with van der Waals surface area (Å²) in [5.74, 6) is -0.758. The normalized spacial score (nSPS) is 14.6. The van der Waals surface area contributed by atoms with Gasteiger partial charge in [-0.25, -0.2) is 13.1 Å². The van der Waals surface area contributed by atoms with Crippen LogP contribution in [0.15, 0.2) is 59.5 Å². The van der Waals surface area contributed by atoms with Crippen LogP contribution >= 0.6 is 0 Å². The lowest BCUT2D eigenvalue weighted by Gasteiger charge is -2.20. The summed E-state index contributed by atoms with van der Waals surface area (Å²) >= 11 is 0. The Hall–Kier alpha value is -2.10. The summed E-state index contributed by atoms with van der Waals surface area (Å²) in [4.78, 5) is -0.180. The molecule has 0 saturated carbocycles. The van der Waals surface area contributed by atoms with Crippen molar-refractivity contribution in [2.24, 2.45) is 0 Å². The first-order valence-corrected chi connectivity index (χ1v) is 9.63. The van der Waals surface area contributed by atoms with Crippen molar-refractivity contribution >= 4 is 10.0 Å². The van der Waals surface area contributed by atoms with E-state index in [1.54, 1.807) is 6.92 Å². The summed E-state index contributed by atoms with van der Waals surface area (Å²) in [6.07, 6.45) is -5.12. The predicted octanol–water partition coefficient (Wildman–Crippen LogP) is 3.42. The van der Waals surface area contributed by atoms with Gasteiger partial charge in [-0.15, -0.1) is 13.2 Å². The molecule has 27 heavy (non-hydrogen) atoms. The maximum absolute atomic E-state index is 12.4. The summed E-state index contributed by atoms with van der Waals surface area (Å²) in [6.45, 7) is 1.65. The lowest BCUT2D eigenvalue weighted by Crippen LogP contribution is -2.30. The van der Waals surface area contributed by atoms with Gasteiger partial charge in [0.05, 0.1) is 11.0 Å². The zero-order valence-electron chi connectivity index (χ0n) is 14.5. The summed E-state index contributed by atoms with van der Waals surface area (Å²) in [6, 6.07) is 13.1. The van der Waals surface area contributed by atoms with Crippen LogP contribution in [0.3, 0.4) is 0 Å². The van der Waals surface area contributed by atoms with Crippen LogP contribution in [0.25, 0.3) is 0 Å². The van der Waals surface area contributed by atoms with Crippen LogP contribution in [0, 0.1) is 0 Å². The molecule has 0 aromatic heterocycles. The number of hydrogen-bond donors (Lipinski definition) is 2. The number of hydrogen-bond acceptors (Lipinski definition) is 4. The van der Waals surface area contributed by atoms with Gasteiger partial charge in [0.25, 0.3) is 0 Å². The van der Waals surface area contributed by atoms with Gasteiger partial charge in [-0.05, 0) is 49.1 Å². The average molecular weight is 403 g/mol. The first-order valence-electron chi connectivity index (χ1n) is 8.15. The number of benzene rings is 2. The van der Waals surface area contributed by atoms with Crippen molar-refractivity contribution in [3.8, 4) is 5.75 Å². The minimum atomic E-state index is -4.84. The number of sulfonamides is 1. The maximum Gasteiger partial charge on any atom is 0.573 e. The molecule has 0 spiro atoms. The highest BCUT2D eigenvalue weighted by molar-refractivity contribution is 7.89. The van der Waals surface area contributed by atoms with Gasteiger partial charge in [0.2, 0.25) is 10.0 Å². The van der Waals surface area contributed by atoms with Crippen molar-refractivity contribution in [1.29, 1.82) is 0 Å². The number of halogens is 3. The predicted molar refractivity (Wildman–Crippen MR) is 93.8 cm³/mol. The lowest BCUT2D eigenvalue weighted by molar-refractivity contribution is -0.274. The van der Waals surface area contributed by atoms with Crippen LogP contribution in [0.2, 0.25) is 0 Å². The van der Waals surface area contributed by atoms with Gasteiger partial charge >= 0.3 is 6.36 Å². The highest BCUT2D eigenvalue weighted by atomic mass is 32.2. The number of ether oxygens (including phenoxy) is 1. The van der Waals surface area contributed by atoms with E-state index in [4.69, 9.17) is 0 Å². The minimum absolute atomic E-state index is 0.0397.